The summed E-state index contributed by atoms with van der Waals surface area (Å²) in [7, 11) is 0. The molecule has 0 radical (unpaired) electrons. The van der Waals surface area contributed by atoms with E-state index in [1.165, 1.54) is 6.42 Å². The van der Waals surface area contributed by atoms with Crippen molar-refractivity contribution in [3.05, 3.63) is 0 Å². The topological polar surface area (TPSA) is 15.3 Å². The second-order valence-electron chi connectivity index (χ2n) is 5.31. The standard InChI is InChI=1S/C12H21F3N2/c13-12(14,15)6-8-17-9-7-16-10-11(17)4-2-1-3-5-11/h16H,1-10H2. The maximum Gasteiger partial charge on any atom is 0.390 e. The lowest BCUT2D eigenvalue weighted by Crippen LogP contribution is -2.62. The van der Waals surface area contributed by atoms with Gasteiger partial charge in [0.1, 0.15) is 0 Å². The van der Waals surface area contributed by atoms with Crippen LogP contribution in [0.2, 0.25) is 0 Å². The van der Waals surface area contributed by atoms with E-state index in [1.807, 2.05) is 0 Å². The summed E-state index contributed by atoms with van der Waals surface area (Å²) in [4.78, 5) is 2.09. The number of hydrogen-bond acceptors (Lipinski definition) is 2. The average molecular weight is 250 g/mol. The van der Waals surface area contributed by atoms with Gasteiger partial charge >= 0.3 is 6.18 Å². The Hall–Kier alpha value is -0.290. The van der Waals surface area contributed by atoms with Gasteiger partial charge in [0, 0.05) is 31.7 Å². The summed E-state index contributed by atoms with van der Waals surface area (Å²) in [6, 6.07) is 0. The van der Waals surface area contributed by atoms with Gasteiger partial charge in [0.25, 0.3) is 0 Å². The molecule has 1 saturated heterocycles. The summed E-state index contributed by atoms with van der Waals surface area (Å²) >= 11 is 0. The van der Waals surface area contributed by atoms with E-state index >= 15 is 0 Å². The van der Waals surface area contributed by atoms with Gasteiger partial charge in [-0.3, -0.25) is 4.90 Å². The SMILES string of the molecule is FC(F)(F)CCN1CCNCC12CCCCC2. The Labute approximate surface area is 101 Å². The second-order valence-corrected chi connectivity index (χ2v) is 5.31. The largest absolute Gasteiger partial charge is 0.390 e. The molecular weight excluding hydrogens is 229 g/mol. The van der Waals surface area contributed by atoms with Crippen molar-refractivity contribution in [3.63, 3.8) is 0 Å². The molecule has 1 spiro atoms. The molecule has 0 atom stereocenters. The molecule has 2 nitrogen and oxygen atoms in total. The first-order chi connectivity index (χ1) is 8.02. The fourth-order valence-electron chi connectivity index (χ4n) is 3.20. The molecule has 2 rings (SSSR count). The fraction of sp³-hybridized carbons (Fsp3) is 1.00. The summed E-state index contributed by atoms with van der Waals surface area (Å²) < 4.78 is 37.0. The number of nitrogens with zero attached hydrogens (tertiary/aromatic N) is 1. The van der Waals surface area contributed by atoms with Crippen LogP contribution in [0.5, 0.6) is 0 Å². The van der Waals surface area contributed by atoms with E-state index in [0.29, 0.717) is 0 Å². The van der Waals surface area contributed by atoms with Crippen molar-refractivity contribution in [2.75, 3.05) is 26.2 Å². The van der Waals surface area contributed by atoms with Crippen LogP contribution in [0.4, 0.5) is 13.2 Å². The van der Waals surface area contributed by atoms with E-state index in [0.717, 1.165) is 45.3 Å². The quantitative estimate of drug-likeness (QED) is 0.810. The maximum absolute atomic E-state index is 12.3. The third-order valence-electron chi connectivity index (χ3n) is 4.13. The fourth-order valence-corrected chi connectivity index (χ4v) is 3.20. The molecular formula is C12H21F3N2. The molecule has 5 heteroatoms. The highest BCUT2D eigenvalue weighted by Gasteiger charge is 2.41. The lowest BCUT2D eigenvalue weighted by atomic mass is 9.79. The number of piperazine rings is 1. The molecule has 0 unspecified atom stereocenters. The van der Waals surface area contributed by atoms with E-state index in [1.54, 1.807) is 0 Å². The minimum Gasteiger partial charge on any atom is -0.314 e. The van der Waals surface area contributed by atoms with Crippen molar-refractivity contribution < 1.29 is 13.2 Å². The highest BCUT2D eigenvalue weighted by molar-refractivity contribution is 4.97. The van der Waals surface area contributed by atoms with Gasteiger partial charge in [-0.1, -0.05) is 19.3 Å². The Morgan fingerprint density at radius 2 is 1.82 bits per heavy atom. The van der Waals surface area contributed by atoms with Crippen LogP contribution in [0.1, 0.15) is 38.5 Å². The Morgan fingerprint density at radius 1 is 1.12 bits per heavy atom. The molecule has 0 aromatic heterocycles. The summed E-state index contributed by atoms with van der Waals surface area (Å²) in [6.07, 6.45) is 0.953. The van der Waals surface area contributed by atoms with Gasteiger partial charge in [-0.2, -0.15) is 13.2 Å². The van der Waals surface area contributed by atoms with Crippen molar-refractivity contribution in [2.24, 2.45) is 0 Å². The number of alkyl halides is 3. The van der Waals surface area contributed by atoms with Crippen LogP contribution in [0.15, 0.2) is 0 Å². The highest BCUT2D eigenvalue weighted by Crippen LogP contribution is 2.35. The molecule has 0 aromatic rings. The Bertz CT molecular complexity index is 238. The number of rotatable bonds is 2. The van der Waals surface area contributed by atoms with Crippen molar-refractivity contribution >= 4 is 0 Å². The molecule has 1 heterocycles. The van der Waals surface area contributed by atoms with Crippen molar-refractivity contribution in [2.45, 2.75) is 50.2 Å². The first kappa shape index (κ1) is 13.1. The molecule has 100 valence electrons. The highest BCUT2D eigenvalue weighted by atomic mass is 19.4. The molecule has 1 saturated carbocycles. The maximum atomic E-state index is 12.3. The van der Waals surface area contributed by atoms with Gasteiger partial charge in [0.15, 0.2) is 0 Å². The molecule has 0 aromatic carbocycles. The number of hydrogen-bond donors (Lipinski definition) is 1. The van der Waals surface area contributed by atoms with Crippen LogP contribution in [0.3, 0.4) is 0 Å². The van der Waals surface area contributed by atoms with E-state index in [4.69, 9.17) is 0 Å². The Morgan fingerprint density at radius 3 is 2.47 bits per heavy atom. The van der Waals surface area contributed by atoms with E-state index in [9.17, 15) is 13.2 Å². The summed E-state index contributed by atoms with van der Waals surface area (Å²) in [6.45, 7) is 2.62. The Kier molecular flexibility index (Phi) is 3.98. The van der Waals surface area contributed by atoms with Gasteiger partial charge in [0.2, 0.25) is 0 Å². The van der Waals surface area contributed by atoms with E-state index < -0.39 is 12.6 Å². The zero-order chi connectivity index (χ0) is 12.4. The van der Waals surface area contributed by atoms with Gasteiger partial charge in [-0.15, -0.1) is 0 Å². The normalized spacial score (nSPS) is 26.3. The van der Waals surface area contributed by atoms with Gasteiger partial charge < -0.3 is 5.32 Å². The molecule has 0 amide bonds. The van der Waals surface area contributed by atoms with Crippen LogP contribution in [0.25, 0.3) is 0 Å². The third kappa shape index (κ3) is 3.35. The molecule has 1 N–H and O–H groups in total. The minimum atomic E-state index is -4.03. The lowest BCUT2D eigenvalue weighted by molar-refractivity contribution is -0.143. The van der Waals surface area contributed by atoms with Crippen molar-refractivity contribution in [3.8, 4) is 0 Å². The molecule has 0 bridgehead atoms. The molecule has 17 heavy (non-hydrogen) atoms. The van der Waals surface area contributed by atoms with Crippen molar-refractivity contribution in [1.82, 2.24) is 10.2 Å². The average Bonchev–Trinajstić information content (AvgIpc) is 2.28. The molecule has 2 fully saturated rings. The second kappa shape index (κ2) is 5.14. The smallest absolute Gasteiger partial charge is 0.314 e. The predicted octanol–water partition coefficient (Wildman–Crippen LogP) is 2.55. The van der Waals surface area contributed by atoms with Gasteiger partial charge in [0.05, 0.1) is 6.42 Å². The van der Waals surface area contributed by atoms with Crippen LogP contribution in [-0.4, -0.2) is 42.8 Å². The van der Waals surface area contributed by atoms with Gasteiger partial charge in [-0.25, -0.2) is 0 Å². The van der Waals surface area contributed by atoms with E-state index in [-0.39, 0.29) is 12.1 Å². The van der Waals surface area contributed by atoms with E-state index in [2.05, 4.69) is 10.2 Å². The molecule has 1 aliphatic carbocycles. The van der Waals surface area contributed by atoms with Crippen LogP contribution in [0, 0.1) is 0 Å². The number of halogens is 3. The van der Waals surface area contributed by atoms with Crippen LogP contribution >= 0.6 is 0 Å². The van der Waals surface area contributed by atoms with Gasteiger partial charge in [-0.05, 0) is 12.8 Å². The zero-order valence-electron chi connectivity index (χ0n) is 10.2. The lowest BCUT2D eigenvalue weighted by Gasteiger charge is -2.50. The Balaban J connectivity index is 1.96. The molecule has 2 aliphatic rings. The number of nitrogens with one attached hydrogen (secondary N) is 1. The molecule has 1 aliphatic heterocycles. The monoisotopic (exact) mass is 250 g/mol. The third-order valence-corrected chi connectivity index (χ3v) is 4.13. The zero-order valence-corrected chi connectivity index (χ0v) is 10.2. The first-order valence-corrected chi connectivity index (χ1v) is 6.54. The predicted molar refractivity (Wildman–Crippen MR) is 60.9 cm³/mol. The summed E-state index contributed by atoms with van der Waals surface area (Å²) in [5.74, 6) is 0. The summed E-state index contributed by atoms with van der Waals surface area (Å²) in [5, 5.41) is 3.35. The minimum absolute atomic E-state index is 0.0156. The first-order valence-electron chi connectivity index (χ1n) is 6.54. The van der Waals surface area contributed by atoms with Crippen molar-refractivity contribution in [1.29, 1.82) is 0 Å². The van der Waals surface area contributed by atoms with Crippen LogP contribution in [-0.2, 0) is 0 Å². The van der Waals surface area contributed by atoms with Crippen LogP contribution < -0.4 is 5.32 Å². The summed E-state index contributed by atoms with van der Waals surface area (Å²) in [5.41, 5.74) is 0.0156.